The monoisotopic (exact) mass is 385 g/mol. The quantitative estimate of drug-likeness (QED) is 0.717. The van der Waals surface area contributed by atoms with E-state index < -0.39 is 5.97 Å². The average molecular weight is 386 g/mol. The summed E-state index contributed by atoms with van der Waals surface area (Å²) in [4.78, 5) is 25.2. The maximum Gasteiger partial charge on any atom is 0.323 e. The predicted molar refractivity (Wildman–Crippen MR) is 109 cm³/mol. The fraction of sp³-hybridized carbons (Fsp3) is 0.500. The van der Waals surface area contributed by atoms with Crippen molar-refractivity contribution in [2.45, 2.75) is 66.5 Å². The van der Waals surface area contributed by atoms with Gasteiger partial charge in [-0.15, -0.1) is 0 Å². The molecule has 2 rings (SSSR count). The van der Waals surface area contributed by atoms with E-state index in [4.69, 9.17) is 5.11 Å². The van der Waals surface area contributed by atoms with Gasteiger partial charge in [0.25, 0.3) is 0 Å². The summed E-state index contributed by atoms with van der Waals surface area (Å²) in [5, 5.41) is 13.8. The Morgan fingerprint density at radius 2 is 1.82 bits per heavy atom. The smallest absolute Gasteiger partial charge is 0.323 e. The molecule has 1 atom stereocenters. The van der Waals surface area contributed by atoms with E-state index in [9.17, 15) is 9.59 Å². The minimum absolute atomic E-state index is 0.0879. The summed E-state index contributed by atoms with van der Waals surface area (Å²) in [5.41, 5.74) is 5.46. The lowest BCUT2D eigenvalue weighted by atomic mass is 10.1. The third-order valence-electron chi connectivity index (χ3n) is 5.32. The molecule has 0 aliphatic carbocycles. The van der Waals surface area contributed by atoms with Crippen molar-refractivity contribution in [3.8, 4) is 0 Å². The largest absolute Gasteiger partial charge is 0.480 e. The standard InChI is InChI=1S/C22H31N3O3/c1-6-16(3)24(14-22(27)28)21(26)12-11-20-17(4)23-25(18(20)5)13-19-9-7-15(2)8-10-19/h7-10,16H,6,11-14H2,1-5H3,(H,27,28). The summed E-state index contributed by atoms with van der Waals surface area (Å²) in [5.74, 6) is -1.10. The Morgan fingerprint density at radius 1 is 1.18 bits per heavy atom. The number of carboxylic acids is 1. The Bertz CT molecular complexity index is 824. The Hall–Kier alpha value is -2.63. The average Bonchev–Trinajstić information content (AvgIpc) is 2.92. The van der Waals surface area contributed by atoms with E-state index in [-0.39, 0.29) is 24.9 Å². The fourth-order valence-corrected chi connectivity index (χ4v) is 3.35. The Labute approximate surface area is 167 Å². The van der Waals surface area contributed by atoms with E-state index >= 15 is 0 Å². The summed E-state index contributed by atoms with van der Waals surface area (Å²) in [6, 6.07) is 8.30. The van der Waals surface area contributed by atoms with Crippen LogP contribution in [0.25, 0.3) is 0 Å². The second kappa shape index (κ2) is 9.53. The third kappa shape index (κ3) is 5.44. The zero-order valence-corrected chi connectivity index (χ0v) is 17.5. The molecule has 0 radical (unpaired) electrons. The minimum Gasteiger partial charge on any atom is -0.480 e. The van der Waals surface area contributed by atoms with Gasteiger partial charge in [-0.3, -0.25) is 14.3 Å². The predicted octanol–water partition coefficient (Wildman–Crippen LogP) is 3.50. The summed E-state index contributed by atoms with van der Waals surface area (Å²) in [6.45, 7) is 10.3. The molecule has 0 aliphatic rings. The molecule has 1 heterocycles. The van der Waals surface area contributed by atoms with Crippen LogP contribution in [0, 0.1) is 20.8 Å². The first-order valence-electron chi connectivity index (χ1n) is 9.82. The number of amides is 1. The molecule has 0 saturated heterocycles. The maximum absolute atomic E-state index is 12.6. The third-order valence-corrected chi connectivity index (χ3v) is 5.32. The lowest BCUT2D eigenvalue weighted by Gasteiger charge is -2.27. The number of aryl methyl sites for hydroxylation is 2. The number of aliphatic carboxylic acids is 1. The zero-order chi connectivity index (χ0) is 20.8. The summed E-state index contributed by atoms with van der Waals surface area (Å²) < 4.78 is 1.98. The van der Waals surface area contributed by atoms with Gasteiger partial charge in [-0.25, -0.2) is 0 Å². The summed E-state index contributed by atoms with van der Waals surface area (Å²) >= 11 is 0. The molecular weight excluding hydrogens is 354 g/mol. The van der Waals surface area contributed by atoms with Crippen molar-refractivity contribution < 1.29 is 14.7 Å². The lowest BCUT2D eigenvalue weighted by molar-refractivity contribution is -0.146. The molecule has 6 heteroatoms. The van der Waals surface area contributed by atoms with Gasteiger partial charge in [0, 0.05) is 18.2 Å². The van der Waals surface area contributed by atoms with Gasteiger partial charge >= 0.3 is 5.97 Å². The van der Waals surface area contributed by atoms with E-state index in [1.807, 2.05) is 32.4 Å². The van der Waals surface area contributed by atoms with Gasteiger partial charge in [-0.05, 0) is 51.7 Å². The van der Waals surface area contributed by atoms with Gasteiger partial charge in [0.05, 0.1) is 12.2 Å². The highest BCUT2D eigenvalue weighted by atomic mass is 16.4. The number of hydrogen-bond acceptors (Lipinski definition) is 3. The van der Waals surface area contributed by atoms with E-state index in [0.717, 1.165) is 23.4 Å². The van der Waals surface area contributed by atoms with Gasteiger partial charge in [0.2, 0.25) is 5.91 Å². The molecule has 0 bridgehead atoms. The van der Waals surface area contributed by atoms with Gasteiger partial charge in [0.15, 0.2) is 0 Å². The molecule has 0 spiro atoms. The molecule has 152 valence electrons. The molecule has 1 aromatic carbocycles. The zero-order valence-electron chi connectivity index (χ0n) is 17.5. The van der Waals surface area contributed by atoms with Crippen LogP contribution < -0.4 is 0 Å². The van der Waals surface area contributed by atoms with E-state index in [0.29, 0.717) is 13.0 Å². The van der Waals surface area contributed by atoms with Crippen LogP contribution in [0.3, 0.4) is 0 Å². The number of rotatable bonds is 9. The molecule has 0 saturated carbocycles. The molecule has 0 aliphatic heterocycles. The number of nitrogens with zero attached hydrogens (tertiary/aromatic N) is 3. The molecule has 0 fully saturated rings. The van der Waals surface area contributed by atoms with Crippen molar-refractivity contribution in [2.24, 2.45) is 0 Å². The van der Waals surface area contributed by atoms with E-state index in [1.54, 1.807) is 0 Å². The van der Waals surface area contributed by atoms with Crippen LogP contribution in [0.1, 0.15) is 54.8 Å². The highest BCUT2D eigenvalue weighted by Gasteiger charge is 2.22. The van der Waals surface area contributed by atoms with Crippen molar-refractivity contribution in [3.63, 3.8) is 0 Å². The SMILES string of the molecule is CCC(C)N(CC(=O)O)C(=O)CCc1c(C)nn(Cc2ccc(C)cc2)c1C. The van der Waals surface area contributed by atoms with Crippen LogP contribution >= 0.6 is 0 Å². The number of benzene rings is 1. The van der Waals surface area contributed by atoms with Crippen LogP contribution in [0.2, 0.25) is 0 Å². The van der Waals surface area contributed by atoms with Gasteiger partial charge in [-0.1, -0.05) is 36.8 Å². The Kier molecular flexibility index (Phi) is 7.38. The van der Waals surface area contributed by atoms with Gasteiger partial charge in [-0.2, -0.15) is 5.10 Å². The molecule has 2 aromatic rings. The molecule has 6 nitrogen and oxygen atoms in total. The lowest BCUT2D eigenvalue weighted by Crippen LogP contribution is -2.41. The van der Waals surface area contributed by atoms with Gasteiger partial charge < -0.3 is 10.0 Å². The second-order valence-electron chi connectivity index (χ2n) is 7.47. The first kappa shape index (κ1) is 21.7. The number of aromatic nitrogens is 2. The molecular formula is C22H31N3O3. The fourth-order valence-electron chi connectivity index (χ4n) is 3.35. The normalized spacial score (nSPS) is 12.0. The number of carbonyl (C=O) groups excluding carboxylic acids is 1. The first-order valence-corrected chi connectivity index (χ1v) is 9.82. The summed E-state index contributed by atoms with van der Waals surface area (Å²) in [7, 11) is 0. The van der Waals surface area contributed by atoms with Crippen LogP contribution in [0.5, 0.6) is 0 Å². The number of carbonyl (C=O) groups is 2. The van der Waals surface area contributed by atoms with Crippen LogP contribution in [-0.2, 0) is 22.6 Å². The first-order chi connectivity index (χ1) is 13.2. The maximum atomic E-state index is 12.6. The minimum atomic E-state index is -0.980. The highest BCUT2D eigenvalue weighted by Crippen LogP contribution is 2.18. The van der Waals surface area contributed by atoms with Crippen molar-refractivity contribution >= 4 is 11.9 Å². The number of carboxylic acid groups (broad SMARTS) is 1. The Morgan fingerprint density at radius 3 is 2.39 bits per heavy atom. The Balaban J connectivity index is 2.09. The van der Waals surface area contributed by atoms with Crippen molar-refractivity contribution in [1.82, 2.24) is 14.7 Å². The number of hydrogen-bond donors (Lipinski definition) is 1. The highest BCUT2D eigenvalue weighted by molar-refractivity contribution is 5.81. The molecule has 1 unspecified atom stereocenters. The molecule has 1 aromatic heterocycles. The van der Waals surface area contributed by atoms with Crippen molar-refractivity contribution in [2.75, 3.05) is 6.54 Å². The van der Waals surface area contributed by atoms with E-state index in [1.165, 1.54) is 16.0 Å². The topological polar surface area (TPSA) is 75.4 Å². The van der Waals surface area contributed by atoms with Crippen molar-refractivity contribution in [3.05, 3.63) is 52.3 Å². The van der Waals surface area contributed by atoms with Gasteiger partial charge in [0.1, 0.15) is 6.54 Å². The van der Waals surface area contributed by atoms with Crippen LogP contribution in [0.4, 0.5) is 0 Å². The van der Waals surface area contributed by atoms with Crippen LogP contribution in [0.15, 0.2) is 24.3 Å². The molecule has 1 N–H and O–H groups in total. The van der Waals surface area contributed by atoms with Crippen molar-refractivity contribution in [1.29, 1.82) is 0 Å². The second-order valence-corrected chi connectivity index (χ2v) is 7.47. The van der Waals surface area contributed by atoms with Crippen LogP contribution in [-0.4, -0.2) is 44.3 Å². The molecule has 1 amide bonds. The summed E-state index contributed by atoms with van der Waals surface area (Å²) in [6.07, 6.45) is 1.58. The van der Waals surface area contributed by atoms with E-state index in [2.05, 4.69) is 36.3 Å². The molecule has 28 heavy (non-hydrogen) atoms.